The van der Waals surface area contributed by atoms with Gasteiger partial charge >= 0.3 is 0 Å². The molecule has 2 heterocycles. The van der Waals surface area contributed by atoms with Gasteiger partial charge < -0.3 is 5.32 Å². The number of hydrogen-bond acceptors (Lipinski definition) is 5. The maximum Gasteiger partial charge on any atom is 0.265 e. The van der Waals surface area contributed by atoms with Gasteiger partial charge in [-0.1, -0.05) is 18.3 Å². The van der Waals surface area contributed by atoms with Crippen LogP contribution in [0.4, 0.5) is 0 Å². The van der Waals surface area contributed by atoms with Gasteiger partial charge in [-0.05, 0) is 36.5 Å². The summed E-state index contributed by atoms with van der Waals surface area (Å²) in [6, 6.07) is 4.17. The van der Waals surface area contributed by atoms with Gasteiger partial charge in [-0.25, -0.2) is 0 Å². The monoisotopic (exact) mass is 281 g/mol. The van der Waals surface area contributed by atoms with Crippen LogP contribution in [-0.4, -0.2) is 15.5 Å². The Morgan fingerprint density at radius 3 is 2.72 bits per heavy atom. The standard InChI is InChI=1S/C12H15N3OS2/c1-3-8-5-6-9(17-8)7-13-12(16)11-10(4-2)14-15-18-11/h5-6H,3-4,7H2,1-2H3,(H,13,16). The van der Waals surface area contributed by atoms with Crippen molar-refractivity contribution >= 4 is 28.8 Å². The summed E-state index contributed by atoms with van der Waals surface area (Å²) < 4.78 is 3.82. The Labute approximate surface area is 114 Å². The van der Waals surface area contributed by atoms with E-state index in [2.05, 4.69) is 34.0 Å². The van der Waals surface area contributed by atoms with Crippen LogP contribution in [0.2, 0.25) is 0 Å². The lowest BCUT2D eigenvalue weighted by atomic mass is 10.3. The highest BCUT2D eigenvalue weighted by Crippen LogP contribution is 2.17. The molecule has 96 valence electrons. The van der Waals surface area contributed by atoms with E-state index in [1.54, 1.807) is 11.3 Å². The zero-order chi connectivity index (χ0) is 13.0. The van der Waals surface area contributed by atoms with Crippen molar-refractivity contribution < 1.29 is 4.79 Å². The minimum absolute atomic E-state index is 0.0756. The first-order valence-corrected chi connectivity index (χ1v) is 7.50. The van der Waals surface area contributed by atoms with Crippen LogP contribution >= 0.6 is 22.9 Å². The number of carbonyl (C=O) groups is 1. The largest absolute Gasteiger partial charge is 0.346 e. The molecule has 0 aromatic carbocycles. The lowest BCUT2D eigenvalue weighted by Crippen LogP contribution is -2.22. The smallest absolute Gasteiger partial charge is 0.265 e. The van der Waals surface area contributed by atoms with E-state index < -0.39 is 0 Å². The average molecular weight is 281 g/mol. The van der Waals surface area contributed by atoms with Crippen molar-refractivity contribution in [1.29, 1.82) is 0 Å². The van der Waals surface area contributed by atoms with Crippen LogP contribution in [0.3, 0.4) is 0 Å². The van der Waals surface area contributed by atoms with Crippen molar-refractivity contribution in [2.45, 2.75) is 33.2 Å². The number of thiophene rings is 1. The predicted molar refractivity (Wildman–Crippen MR) is 74.2 cm³/mol. The van der Waals surface area contributed by atoms with Gasteiger partial charge in [0.15, 0.2) is 0 Å². The van der Waals surface area contributed by atoms with Crippen LogP contribution in [0.15, 0.2) is 12.1 Å². The van der Waals surface area contributed by atoms with E-state index in [1.165, 1.54) is 9.75 Å². The fourth-order valence-electron chi connectivity index (χ4n) is 1.57. The van der Waals surface area contributed by atoms with Gasteiger partial charge in [-0.3, -0.25) is 4.79 Å². The average Bonchev–Trinajstić information content (AvgIpc) is 3.04. The number of aryl methyl sites for hydroxylation is 2. The topological polar surface area (TPSA) is 54.9 Å². The molecule has 0 spiro atoms. The summed E-state index contributed by atoms with van der Waals surface area (Å²) in [5, 5.41) is 6.85. The van der Waals surface area contributed by atoms with Crippen molar-refractivity contribution in [3.05, 3.63) is 32.5 Å². The van der Waals surface area contributed by atoms with Gasteiger partial charge in [0, 0.05) is 9.75 Å². The summed E-state index contributed by atoms with van der Waals surface area (Å²) in [4.78, 5) is 15.1. The third kappa shape index (κ3) is 2.94. The fraction of sp³-hybridized carbons (Fsp3) is 0.417. The van der Waals surface area contributed by atoms with Gasteiger partial charge in [-0.2, -0.15) is 0 Å². The van der Waals surface area contributed by atoms with E-state index in [-0.39, 0.29) is 5.91 Å². The van der Waals surface area contributed by atoms with Gasteiger partial charge in [0.05, 0.1) is 12.2 Å². The van der Waals surface area contributed by atoms with Crippen molar-refractivity contribution in [1.82, 2.24) is 14.9 Å². The first-order chi connectivity index (χ1) is 8.74. The lowest BCUT2D eigenvalue weighted by molar-refractivity contribution is 0.0954. The third-order valence-electron chi connectivity index (χ3n) is 2.59. The molecule has 1 N–H and O–H groups in total. The molecule has 0 atom stereocenters. The van der Waals surface area contributed by atoms with Crippen molar-refractivity contribution in [3.63, 3.8) is 0 Å². The van der Waals surface area contributed by atoms with E-state index >= 15 is 0 Å². The molecule has 0 aliphatic rings. The Bertz CT molecular complexity index is 533. The molecule has 0 radical (unpaired) electrons. The number of hydrogen-bond donors (Lipinski definition) is 1. The Kier molecular flexibility index (Phi) is 4.43. The molecule has 18 heavy (non-hydrogen) atoms. The first-order valence-electron chi connectivity index (χ1n) is 5.91. The summed E-state index contributed by atoms with van der Waals surface area (Å²) in [5.74, 6) is -0.0756. The van der Waals surface area contributed by atoms with Crippen molar-refractivity contribution in [3.8, 4) is 0 Å². The van der Waals surface area contributed by atoms with Crippen LogP contribution in [0.5, 0.6) is 0 Å². The highest BCUT2D eigenvalue weighted by Gasteiger charge is 2.14. The normalized spacial score (nSPS) is 10.6. The Hall–Kier alpha value is -1.27. The molecular weight excluding hydrogens is 266 g/mol. The third-order valence-corrected chi connectivity index (χ3v) is 4.58. The number of rotatable bonds is 5. The molecule has 0 aliphatic carbocycles. The quantitative estimate of drug-likeness (QED) is 0.916. The second-order valence-electron chi connectivity index (χ2n) is 3.81. The van der Waals surface area contributed by atoms with Crippen LogP contribution in [-0.2, 0) is 19.4 Å². The maximum atomic E-state index is 12.0. The molecule has 2 rings (SSSR count). The number of aromatic nitrogens is 2. The first kappa shape index (κ1) is 13.2. The van der Waals surface area contributed by atoms with Crippen LogP contribution in [0, 0.1) is 0 Å². The van der Waals surface area contributed by atoms with E-state index in [4.69, 9.17) is 0 Å². The summed E-state index contributed by atoms with van der Waals surface area (Å²) >= 11 is 2.90. The zero-order valence-corrected chi connectivity index (χ0v) is 12.0. The highest BCUT2D eigenvalue weighted by molar-refractivity contribution is 7.12. The fourth-order valence-corrected chi connectivity index (χ4v) is 3.13. The molecule has 0 saturated carbocycles. The summed E-state index contributed by atoms with van der Waals surface area (Å²) in [6.07, 6.45) is 1.77. The van der Waals surface area contributed by atoms with Gasteiger partial charge in [0.25, 0.3) is 5.91 Å². The van der Waals surface area contributed by atoms with E-state index in [0.717, 1.165) is 30.1 Å². The molecule has 4 nitrogen and oxygen atoms in total. The molecule has 2 aromatic rings. The minimum Gasteiger partial charge on any atom is -0.346 e. The highest BCUT2D eigenvalue weighted by atomic mass is 32.1. The number of amides is 1. The van der Waals surface area contributed by atoms with Gasteiger partial charge in [0.2, 0.25) is 0 Å². The number of nitrogens with one attached hydrogen (secondary N) is 1. The van der Waals surface area contributed by atoms with Crippen LogP contribution in [0.1, 0.15) is 39.0 Å². The Morgan fingerprint density at radius 2 is 2.06 bits per heavy atom. The molecule has 0 fully saturated rings. The second-order valence-corrected chi connectivity index (χ2v) is 5.81. The molecule has 0 bridgehead atoms. The van der Waals surface area contributed by atoms with Crippen LogP contribution in [0.25, 0.3) is 0 Å². The van der Waals surface area contributed by atoms with Gasteiger partial charge in [0.1, 0.15) is 4.88 Å². The lowest BCUT2D eigenvalue weighted by Gasteiger charge is -2.01. The minimum atomic E-state index is -0.0756. The van der Waals surface area contributed by atoms with Crippen molar-refractivity contribution in [2.24, 2.45) is 0 Å². The van der Waals surface area contributed by atoms with Crippen molar-refractivity contribution in [2.75, 3.05) is 0 Å². The Balaban J connectivity index is 1.96. The number of nitrogens with zero attached hydrogens (tertiary/aromatic N) is 2. The molecule has 1 amide bonds. The van der Waals surface area contributed by atoms with Crippen LogP contribution < -0.4 is 5.32 Å². The molecule has 0 unspecified atom stereocenters. The molecule has 6 heteroatoms. The predicted octanol–water partition coefficient (Wildman–Crippen LogP) is 2.65. The molecule has 0 aliphatic heterocycles. The summed E-state index contributed by atoms with van der Waals surface area (Å²) in [5.41, 5.74) is 0.776. The van der Waals surface area contributed by atoms with E-state index in [1.807, 2.05) is 6.92 Å². The van der Waals surface area contributed by atoms with E-state index in [9.17, 15) is 4.79 Å². The second kappa shape index (κ2) is 6.06. The Morgan fingerprint density at radius 1 is 1.28 bits per heavy atom. The summed E-state index contributed by atoms with van der Waals surface area (Å²) in [6.45, 7) is 4.68. The summed E-state index contributed by atoms with van der Waals surface area (Å²) in [7, 11) is 0. The molecular formula is C12H15N3OS2. The molecule has 2 aromatic heterocycles. The number of carbonyl (C=O) groups excluding carboxylic acids is 1. The van der Waals surface area contributed by atoms with E-state index in [0.29, 0.717) is 11.4 Å². The van der Waals surface area contributed by atoms with Gasteiger partial charge in [-0.15, -0.1) is 16.4 Å². The molecule has 0 saturated heterocycles. The SMILES string of the molecule is CCc1ccc(CNC(=O)c2snnc2CC)s1. The zero-order valence-electron chi connectivity index (χ0n) is 10.4. The maximum absolute atomic E-state index is 12.0.